The summed E-state index contributed by atoms with van der Waals surface area (Å²) in [5, 5.41) is 11.5. The van der Waals surface area contributed by atoms with E-state index in [2.05, 4.69) is 5.32 Å². The average molecular weight is 325 g/mol. The first-order chi connectivity index (χ1) is 10.5. The fourth-order valence-corrected chi connectivity index (χ4v) is 3.21. The SMILES string of the molecule is COCCS(=O)Cc1cccc(NC(=O)C2CC2C(=O)O)c1. The normalized spacial score (nSPS) is 21.1. The lowest BCUT2D eigenvalue weighted by molar-refractivity contribution is -0.139. The Morgan fingerprint density at radius 2 is 2.18 bits per heavy atom. The molecule has 1 saturated carbocycles. The van der Waals surface area contributed by atoms with Gasteiger partial charge in [0.05, 0.1) is 18.4 Å². The van der Waals surface area contributed by atoms with Crippen molar-refractivity contribution in [2.24, 2.45) is 11.8 Å². The summed E-state index contributed by atoms with van der Waals surface area (Å²) in [6.45, 7) is 0.446. The average Bonchev–Trinajstić information content (AvgIpc) is 3.26. The Kier molecular flexibility index (Phi) is 5.68. The minimum atomic E-state index is -1.02. The number of hydrogen-bond donors (Lipinski definition) is 2. The minimum Gasteiger partial charge on any atom is -0.481 e. The Hall–Kier alpha value is -1.73. The van der Waals surface area contributed by atoms with Crippen LogP contribution in [0, 0.1) is 11.8 Å². The van der Waals surface area contributed by atoms with Crippen molar-refractivity contribution in [1.29, 1.82) is 0 Å². The van der Waals surface area contributed by atoms with Gasteiger partial charge in [-0.05, 0) is 24.1 Å². The van der Waals surface area contributed by atoms with Gasteiger partial charge in [-0.2, -0.15) is 0 Å². The molecule has 0 bridgehead atoms. The van der Waals surface area contributed by atoms with Crippen LogP contribution in [0.25, 0.3) is 0 Å². The molecule has 0 aliphatic heterocycles. The zero-order chi connectivity index (χ0) is 16.1. The molecule has 6 nitrogen and oxygen atoms in total. The topological polar surface area (TPSA) is 92.7 Å². The van der Waals surface area contributed by atoms with Gasteiger partial charge in [0.2, 0.25) is 5.91 Å². The summed E-state index contributed by atoms with van der Waals surface area (Å²) in [5.74, 6) is -1.35. The molecular weight excluding hydrogens is 306 g/mol. The molecule has 1 amide bonds. The van der Waals surface area contributed by atoms with Crippen LogP contribution in [-0.4, -0.2) is 40.7 Å². The molecule has 120 valence electrons. The van der Waals surface area contributed by atoms with Gasteiger partial charge in [-0.3, -0.25) is 13.8 Å². The number of carbonyl (C=O) groups excluding carboxylic acids is 1. The highest BCUT2D eigenvalue weighted by Crippen LogP contribution is 2.39. The fourth-order valence-electron chi connectivity index (χ4n) is 2.17. The molecule has 1 aliphatic rings. The number of hydrogen-bond acceptors (Lipinski definition) is 4. The molecule has 2 rings (SSSR count). The van der Waals surface area contributed by atoms with E-state index in [1.54, 1.807) is 25.3 Å². The first-order valence-corrected chi connectivity index (χ1v) is 8.46. The second kappa shape index (κ2) is 7.51. The molecule has 1 fully saturated rings. The smallest absolute Gasteiger partial charge is 0.307 e. The van der Waals surface area contributed by atoms with Gasteiger partial charge in [-0.15, -0.1) is 0 Å². The number of carboxylic acids is 1. The minimum absolute atomic E-state index is 0.273. The van der Waals surface area contributed by atoms with Crippen molar-refractivity contribution in [3.63, 3.8) is 0 Å². The van der Waals surface area contributed by atoms with Crippen LogP contribution in [0.5, 0.6) is 0 Å². The van der Waals surface area contributed by atoms with Gasteiger partial charge in [0.1, 0.15) is 0 Å². The van der Waals surface area contributed by atoms with E-state index in [1.165, 1.54) is 0 Å². The van der Waals surface area contributed by atoms with Gasteiger partial charge in [-0.1, -0.05) is 12.1 Å². The van der Waals surface area contributed by atoms with Crippen LogP contribution >= 0.6 is 0 Å². The fraction of sp³-hybridized carbons (Fsp3) is 0.467. The number of rotatable bonds is 8. The molecule has 0 heterocycles. The third-order valence-corrected chi connectivity index (χ3v) is 4.76. The van der Waals surface area contributed by atoms with Crippen LogP contribution in [0.2, 0.25) is 0 Å². The van der Waals surface area contributed by atoms with Gasteiger partial charge in [0.25, 0.3) is 0 Å². The molecular formula is C15H19NO5S. The summed E-state index contributed by atoms with van der Waals surface area (Å²) in [5.41, 5.74) is 1.46. The monoisotopic (exact) mass is 325 g/mol. The molecule has 0 saturated heterocycles. The van der Waals surface area contributed by atoms with E-state index in [1.807, 2.05) is 6.07 Å². The number of amides is 1. The Bertz CT molecular complexity index is 589. The van der Waals surface area contributed by atoms with E-state index in [0.717, 1.165) is 5.56 Å². The molecule has 1 aliphatic carbocycles. The first kappa shape index (κ1) is 16.6. The van der Waals surface area contributed by atoms with Crippen LogP contribution in [0.15, 0.2) is 24.3 Å². The Balaban J connectivity index is 1.90. The molecule has 1 aromatic carbocycles. The number of carbonyl (C=O) groups is 2. The number of nitrogens with one attached hydrogen (secondary N) is 1. The molecule has 3 unspecified atom stereocenters. The van der Waals surface area contributed by atoms with Crippen LogP contribution < -0.4 is 5.32 Å². The van der Waals surface area contributed by atoms with Gasteiger partial charge in [0, 0.05) is 35.1 Å². The number of methoxy groups -OCH3 is 1. The van der Waals surface area contributed by atoms with Crippen molar-refractivity contribution in [2.45, 2.75) is 12.2 Å². The van der Waals surface area contributed by atoms with E-state index in [0.29, 0.717) is 30.2 Å². The lowest BCUT2D eigenvalue weighted by atomic mass is 10.2. The second-order valence-electron chi connectivity index (χ2n) is 5.26. The van der Waals surface area contributed by atoms with Gasteiger partial charge in [-0.25, -0.2) is 0 Å². The van der Waals surface area contributed by atoms with Crippen molar-refractivity contribution in [3.05, 3.63) is 29.8 Å². The number of aliphatic carboxylic acids is 1. The summed E-state index contributed by atoms with van der Waals surface area (Å²) in [7, 11) is 0.549. The first-order valence-electron chi connectivity index (χ1n) is 6.97. The third-order valence-electron chi connectivity index (χ3n) is 3.48. The maximum Gasteiger partial charge on any atom is 0.307 e. The summed E-state index contributed by atoms with van der Waals surface area (Å²) >= 11 is 0. The van der Waals surface area contributed by atoms with Crippen molar-refractivity contribution in [2.75, 3.05) is 24.8 Å². The Morgan fingerprint density at radius 1 is 1.41 bits per heavy atom. The number of benzene rings is 1. The standard InChI is InChI=1S/C15H19NO5S/c1-21-5-6-22(20)9-10-3-2-4-11(7-10)16-14(17)12-8-13(12)15(18)19/h2-4,7,12-13H,5-6,8-9H2,1H3,(H,16,17)(H,18,19). The van der Waals surface area contributed by atoms with E-state index in [4.69, 9.17) is 9.84 Å². The van der Waals surface area contributed by atoms with Crippen LogP contribution in [0.4, 0.5) is 5.69 Å². The quantitative estimate of drug-likeness (QED) is 0.750. The zero-order valence-electron chi connectivity index (χ0n) is 12.3. The lowest BCUT2D eigenvalue weighted by Gasteiger charge is -2.07. The molecule has 3 atom stereocenters. The maximum absolute atomic E-state index is 11.9. The zero-order valence-corrected chi connectivity index (χ0v) is 13.1. The van der Waals surface area contributed by atoms with Crippen molar-refractivity contribution in [3.8, 4) is 0 Å². The summed E-state index contributed by atoms with van der Waals surface area (Å²) in [6, 6.07) is 7.12. The summed E-state index contributed by atoms with van der Waals surface area (Å²) < 4.78 is 16.7. The lowest BCUT2D eigenvalue weighted by Crippen LogP contribution is -2.17. The van der Waals surface area contributed by atoms with Crippen molar-refractivity contribution in [1.82, 2.24) is 0 Å². The number of ether oxygens (including phenoxy) is 1. The van der Waals surface area contributed by atoms with Gasteiger partial charge in [0.15, 0.2) is 0 Å². The maximum atomic E-state index is 11.9. The molecule has 0 aromatic heterocycles. The third kappa shape index (κ3) is 4.64. The van der Waals surface area contributed by atoms with E-state index in [-0.39, 0.29) is 5.91 Å². The highest BCUT2D eigenvalue weighted by molar-refractivity contribution is 7.84. The van der Waals surface area contributed by atoms with Crippen LogP contribution in [-0.2, 0) is 30.9 Å². The van der Waals surface area contributed by atoms with Crippen LogP contribution in [0.3, 0.4) is 0 Å². The van der Waals surface area contributed by atoms with Crippen molar-refractivity contribution >= 4 is 28.4 Å². The van der Waals surface area contributed by atoms with Gasteiger partial charge < -0.3 is 15.2 Å². The Morgan fingerprint density at radius 3 is 2.82 bits per heavy atom. The largest absolute Gasteiger partial charge is 0.481 e. The second-order valence-corrected chi connectivity index (χ2v) is 6.83. The number of carboxylic acid groups (broad SMARTS) is 1. The molecule has 22 heavy (non-hydrogen) atoms. The Labute approximate surface area is 131 Å². The highest BCUT2D eigenvalue weighted by atomic mass is 32.2. The molecule has 7 heteroatoms. The van der Waals surface area contributed by atoms with E-state index >= 15 is 0 Å². The predicted molar refractivity (Wildman–Crippen MR) is 82.9 cm³/mol. The predicted octanol–water partition coefficient (Wildman–Crippen LogP) is 1.24. The van der Waals surface area contributed by atoms with Gasteiger partial charge >= 0.3 is 5.97 Å². The molecule has 0 spiro atoms. The molecule has 0 radical (unpaired) electrons. The summed E-state index contributed by atoms with van der Waals surface area (Å²) in [6.07, 6.45) is 0.391. The van der Waals surface area contributed by atoms with Crippen LogP contribution in [0.1, 0.15) is 12.0 Å². The van der Waals surface area contributed by atoms with E-state index < -0.39 is 28.6 Å². The number of anilines is 1. The molecule has 2 N–H and O–H groups in total. The van der Waals surface area contributed by atoms with E-state index in [9.17, 15) is 13.8 Å². The molecule has 1 aromatic rings. The highest BCUT2D eigenvalue weighted by Gasteiger charge is 2.48. The van der Waals surface area contributed by atoms with Crippen molar-refractivity contribution < 1.29 is 23.6 Å². The summed E-state index contributed by atoms with van der Waals surface area (Å²) in [4.78, 5) is 22.7.